The summed E-state index contributed by atoms with van der Waals surface area (Å²) >= 11 is 0. The molecule has 0 saturated carbocycles. The molecule has 3 rings (SSSR count). The molecule has 94 valence electrons. The number of aromatic nitrogens is 3. The van der Waals surface area contributed by atoms with E-state index in [2.05, 4.69) is 15.2 Å². The maximum absolute atomic E-state index is 12.2. The fraction of sp³-hybridized carbons (Fsp3) is 0.462. The van der Waals surface area contributed by atoms with Gasteiger partial charge in [-0.3, -0.25) is 4.79 Å². The molecule has 1 fully saturated rings. The number of fused-ring (bicyclic) bond motifs is 1. The molecule has 1 aliphatic rings. The SMILES string of the molecule is O=c1c2ccccc2nnn1CCN1CCCC1. The summed E-state index contributed by atoms with van der Waals surface area (Å²) in [5, 5.41) is 8.72. The lowest BCUT2D eigenvalue weighted by atomic mass is 10.2. The van der Waals surface area contributed by atoms with Gasteiger partial charge in [0.25, 0.3) is 5.56 Å². The van der Waals surface area contributed by atoms with Gasteiger partial charge in [-0.1, -0.05) is 17.3 Å². The maximum atomic E-state index is 12.2. The molecule has 1 saturated heterocycles. The van der Waals surface area contributed by atoms with Crippen LogP contribution in [0, 0.1) is 0 Å². The number of hydrogen-bond donors (Lipinski definition) is 0. The number of hydrogen-bond acceptors (Lipinski definition) is 4. The van der Waals surface area contributed by atoms with E-state index in [4.69, 9.17) is 0 Å². The molecule has 0 unspecified atom stereocenters. The Morgan fingerprint density at radius 3 is 2.72 bits per heavy atom. The van der Waals surface area contributed by atoms with Crippen molar-refractivity contribution in [2.24, 2.45) is 0 Å². The topological polar surface area (TPSA) is 51.0 Å². The minimum absolute atomic E-state index is 0.0419. The second-order valence-electron chi connectivity index (χ2n) is 4.68. The molecule has 1 aliphatic heterocycles. The van der Waals surface area contributed by atoms with Crippen molar-refractivity contribution in [2.75, 3.05) is 19.6 Å². The van der Waals surface area contributed by atoms with Crippen LogP contribution in [0.5, 0.6) is 0 Å². The van der Waals surface area contributed by atoms with E-state index in [1.165, 1.54) is 17.5 Å². The molecule has 5 nitrogen and oxygen atoms in total. The van der Waals surface area contributed by atoms with Gasteiger partial charge in [-0.05, 0) is 38.1 Å². The largest absolute Gasteiger partial charge is 0.301 e. The third kappa shape index (κ3) is 2.13. The summed E-state index contributed by atoms with van der Waals surface area (Å²) < 4.78 is 1.47. The number of rotatable bonds is 3. The maximum Gasteiger partial charge on any atom is 0.277 e. The number of likely N-dealkylation sites (tertiary alicyclic amines) is 1. The molecule has 0 spiro atoms. The molecule has 0 N–H and O–H groups in total. The number of nitrogens with zero attached hydrogens (tertiary/aromatic N) is 4. The average molecular weight is 244 g/mol. The van der Waals surface area contributed by atoms with E-state index in [1.807, 2.05) is 18.2 Å². The van der Waals surface area contributed by atoms with Crippen LogP contribution in [-0.4, -0.2) is 39.5 Å². The van der Waals surface area contributed by atoms with Crippen LogP contribution in [0.3, 0.4) is 0 Å². The van der Waals surface area contributed by atoms with Crippen molar-refractivity contribution in [3.8, 4) is 0 Å². The van der Waals surface area contributed by atoms with Gasteiger partial charge in [0, 0.05) is 6.54 Å². The van der Waals surface area contributed by atoms with Gasteiger partial charge >= 0.3 is 0 Å². The Morgan fingerprint density at radius 2 is 1.89 bits per heavy atom. The molecule has 2 aromatic rings. The molecular formula is C13H16N4O. The second-order valence-corrected chi connectivity index (χ2v) is 4.68. The van der Waals surface area contributed by atoms with Crippen LogP contribution < -0.4 is 5.56 Å². The highest BCUT2D eigenvalue weighted by atomic mass is 16.1. The van der Waals surface area contributed by atoms with Crippen LogP contribution >= 0.6 is 0 Å². The van der Waals surface area contributed by atoms with Crippen molar-refractivity contribution in [2.45, 2.75) is 19.4 Å². The van der Waals surface area contributed by atoms with Crippen molar-refractivity contribution in [1.29, 1.82) is 0 Å². The molecule has 1 aromatic heterocycles. The van der Waals surface area contributed by atoms with Crippen molar-refractivity contribution >= 4 is 10.9 Å². The van der Waals surface area contributed by atoms with E-state index in [0.29, 0.717) is 17.4 Å². The third-order valence-corrected chi connectivity index (χ3v) is 3.46. The van der Waals surface area contributed by atoms with Gasteiger partial charge in [0.05, 0.1) is 11.9 Å². The van der Waals surface area contributed by atoms with Gasteiger partial charge in [-0.15, -0.1) is 5.10 Å². The second kappa shape index (κ2) is 4.86. The molecule has 0 amide bonds. The first-order valence-corrected chi connectivity index (χ1v) is 6.39. The predicted octanol–water partition coefficient (Wildman–Crippen LogP) is 0.887. The van der Waals surface area contributed by atoms with Crippen LogP contribution in [0.25, 0.3) is 10.9 Å². The third-order valence-electron chi connectivity index (χ3n) is 3.46. The van der Waals surface area contributed by atoms with Crippen molar-refractivity contribution in [3.63, 3.8) is 0 Å². The average Bonchev–Trinajstić information content (AvgIpc) is 2.91. The lowest BCUT2D eigenvalue weighted by molar-refractivity contribution is 0.310. The van der Waals surface area contributed by atoms with E-state index < -0.39 is 0 Å². The van der Waals surface area contributed by atoms with Crippen LogP contribution in [0.4, 0.5) is 0 Å². The fourth-order valence-electron chi connectivity index (χ4n) is 2.41. The van der Waals surface area contributed by atoms with Crippen LogP contribution in [0.2, 0.25) is 0 Å². The van der Waals surface area contributed by atoms with E-state index in [0.717, 1.165) is 19.6 Å². The highest BCUT2D eigenvalue weighted by Crippen LogP contribution is 2.07. The summed E-state index contributed by atoms with van der Waals surface area (Å²) in [6.07, 6.45) is 2.52. The summed E-state index contributed by atoms with van der Waals surface area (Å²) in [6.45, 7) is 3.77. The van der Waals surface area contributed by atoms with E-state index in [1.54, 1.807) is 6.07 Å². The van der Waals surface area contributed by atoms with Crippen molar-refractivity contribution in [1.82, 2.24) is 19.9 Å². The van der Waals surface area contributed by atoms with E-state index >= 15 is 0 Å². The Hall–Kier alpha value is -1.75. The zero-order valence-corrected chi connectivity index (χ0v) is 10.2. The van der Waals surface area contributed by atoms with Crippen LogP contribution in [0.15, 0.2) is 29.1 Å². The summed E-state index contributed by atoms with van der Waals surface area (Å²) in [4.78, 5) is 14.5. The zero-order chi connectivity index (χ0) is 12.4. The summed E-state index contributed by atoms with van der Waals surface area (Å²) in [5.74, 6) is 0. The van der Waals surface area contributed by atoms with Gasteiger partial charge in [-0.2, -0.15) is 0 Å². The quantitative estimate of drug-likeness (QED) is 0.804. The first-order valence-electron chi connectivity index (χ1n) is 6.39. The Balaban J connectivity index is 1.83. The zero-order valence-electron chi connectivity index (χ0n) is 10.2. The standard InChI is InChI=1S/C13H16N4O/c18-13-11-5-1-2-6-12(11)14-15-17(13)10-9-16-7-3-4-8-16/h1-2,5-6H,3-4,7-10H2. The van der Waals surface area contributed by atoms with Gasteiger partial charge in [0.15, 0.2) is 0 Å². The van der Waals surface area contributed by atoms with Gasteiger partial charge in [0.1, 0.15) is 5.52 Å². The van der Waals surface area contributed by atoms with E-state index in [-0.39, 0.29) is 5.56 Å². The van der Waals surface area contributed by atoms with Gasteiger partial charge < -0.3 is 4.90 Å². The Morgan fingerprint density at radius 1 is 1.11 bits per heavy atom. The Labute approximate surface area is 105 Å². The summed E-state index contributed by atoms with van der Waals surface area (Å²) in [7, 11) is 0. The smallest absolute Gasteiger partial charge is 0.277 e. The molecule has 2 heterocycles. The molecule has 18 heavy (non-hydrogen) atoms. The lowest BCUT2D eigenvalue weighted by Gasteiger charge is -2.14. The molecule has 0 aliphatic carbocycles. The molecule has 0 radical (unpaired) electrons. The van der Waals surface area contributed by atoms with Crippen LogP contribution in [0.1, 0.15) is 12.8 Å². The minimum atomic E-state index is -0.0419. The predicted molar refractivity (Wildman–Crippen MR) is 69.5 cm³/mol. The van der Waals surface area contributed by atoms with E-state index in [9.17, 15) is 4.79 Å². The summed E-state index contributed by atoms with van der Waals surface area (Å²) in [6, 6.07) is 7.34. The highest BCUT2D eigenvalue weighted by Gasteiger charge is 2.12. The van der Waals surface area contributed by atoms with Gasteiger partial charge in [0.2, 0.25) is 0 Å². The minimum Gasteiger partial charge on any atom is -0.301 e. The van der Waals surface area contributed by atoms with Crippen molar-refractivity contribution in [3.05, 3.63) is 34.6 Å². The summed E-state index contributed by atoms with van der Waals surface area (Å²) in [5.41, 5.74) is 0.625. The molecule has 0 bridgehead atoms. The molecular weight excluding hydrogens is 228 g/mol. The van der Waals surface area contributed by atoms with Crippen molar-refractivity contribution < 1.29 is 0 Å². The first-order chi connectivity index (χ1) is 8.84. The fourth-order valence-corrected chi connectivity index (χ4v) is 2.41. The van der Waals surface area contributed by atoms with Gasteiger partial charge in [-0.25, -0.2) is 4.68 Å². The first kappa shape index (κ1) is 11.3. The lowest BCUT2D eigenvalue weighted by Crippen LogP contribution is -2.31. The number of benzene rings is 1. The normalized spacial score (nSPS) is 16.4. The Kier molecular flexibility index (Phi) is 3.06. The molecule has 0 atom stereocenters. The Bertz CT molecular complexity index is 601. The molecule has 5 heteroatoms. The highest BCUT2D eigenvalue weighted by molar-refractivity contribution is 5.76. The molecule has 1 aromatic carbocycles. The van der Waals surface area contributed by atoms with Crippen LogP contribution in [-0.2, 0) is 6.54 Å². The monoisotopic (exact) mass is 244 g/mol.